The lowest BCUT2D eigenvalue weighted by atomic mass is 10.1. The maximum absolute atomic E-state index is 12.1. The Morgan fingerprint density at radius 2 is 2.27 bits per heavy atom. The molecule has 1 N–H and O–H groups in total. The number of hydrogen-bond donors (Lipinski definition) is 1. The quantitative estimate of drug-likeness (QED) is 0.820. The first-order valence-corrected chi connectivity index (χ1v) is 8.10. The first-order valence-electron chi connectivity index (χ1n) is 7.34. The van der Waals surface area contributed by atoms with Crippen molar-refractivity contribution in [1.82, 2.24) is 14.9 Å². The molecule has 1 aliphatic rings. The summed E-state index contributed by atoms with van der Waals surface area (Å²) in [6.45, 7) is 1.53. The molecule has 2 aromatic rings. The monoisotopic (exact) mass is 337 g/mol. The van der Waals surface area contributed by atoms with E-state index in [1.54, 1.807) is 18.6 Å². The molecule has 1 saturated carbocycles. The summed E-state index contributed by atoms with van der Waals surface area (Å²) in [5.74, 6) is 0.315. The topological polar surface area (TPSA) is 46.9 Å². The fourth-order valence-corrected chi connectivity index (χ4v) is 3.11. The van der Waals surface area contributed by atoms with Gasteiger partial charge in [0.2, 0.25) is 5.91 Å². The summed E-state index contributed by atoms with van der Waals surface area (Å²) in [7, 11) is 0. The van der Waals surface area contributed by atoms with E-state index in [2.05, 4.69) is 10.3 Å². The SMILES string of the molecule is O=C(NCCCn1ccnc1)[C@@H]1C[C@H]1c1cccc(Cl)c1Cl. The normalized spacial score (nSPS) is 19.9. The minimum absolute atomic E-state index is 0.0178. The molecule has 116 valence electrons. The summed E-state index contributed by atoms with van der Waals surface area (Å²) in [6.07, 6.45) is 7.17. The lowest BCUT2D eigenvalue weighted by Gasteiger charge is -2.07. The molecule has 4 nitrogen and oxygen atoms in total. The summed E-state index contributed by atoms with van der Waals surface area (Å²) in [4.78, 5) is 16.1. The molecule has 0 radical (unpaired) electrons. The van der Waals surface area contributed by atoms with Gasteiger partial charge < -0.3 is 9.88 Å². The largest absolute Gasteiger partial charge is 0.356 e. The van der Waals surface area contributed by atoms with Crippen LogP contribution in [0.15, 0.2) is 36.9 Å². The fourth-order valence-electron chi connectivity index (χ4n) is 2.66. The van der Waals surface area contributed by atoms with Crippen LogP contribution in [0.3, 0.4) is 0 Å². The van der Waals surface area contributed by atoms with Crippen molar-refractivity contribution >= 4 is 29.1 Å². The predicted molar refractivity (Wildman–Crippen MR) is 87.2 cm³/mol. The molecule has 0 bridgehead atoms. The average Bonchev–Trinajstić information content (AvgIpc) is 3.13. The molecule has 0 aliphatic heterocycles. The van der Waals surface area contributed by atoms with E-state index in [1.807, 2.05) is 22.9 Å². The molecule has 1 aromatic heterocycles. The molecule has 1 aliphatic carbocycles. The Bertz CT molecular complexity index is 657. The Balaban J connectivity index is 1.45. The Kier molecular flexibility index (Phi) is 4.69. The van der Waals surface area contributed by atoms with Crippen LogP contribution in [0.4, 0.5) is 0 Å². The lowest BCUT2D eigenvalue weighted by molar-refractivity contribution is -0.122. The Morgan fingerprint density at radius 1 is 1.41 bits per heavy atom. The molecule has 22 heavy (non-hydrogen) atoms. The first kappa shape index (κ1) is 15.4. The number of aromatic nitrogens is 2. The van der Waals surface area contributed by atoms with Crippen molar-refractivity contribution in [3.05, 3.63) is 52.5 Å². The highest BCUT2D eigenvalue weighted by molar-refractivity contribution is 6.42. The van der Waals surface area contributed by atoms with E-state index in [1.165, 1.54) is 0 Å². The third-order valence-corrected chi connectivity index (χ3v) is 4.79. The highest BCUT2D eigenvalue weighted by Crippen LogP contribution is 2.50. The van der Waals surface area contributed by atoms with Crippen LogP contribution in [0.1, 0.15) is 24.3 Å². The van der Waals surface area contributed by atoms with Gasteiger partial charge in [-0.1, -0.05) is 35.3 Å². The molecular formula is C16H17Cl2N3O. The summed E-state index contributed by atoms with van der Waals surface area (Å²) >= 11 is 12.2. The second-order valence-corrected chi connectivity index (χ2v) is 6.32. The summed E-state index contributed by atoms with van der Waals surface area (Å²) in [5.41, 5.74) is 0.979. The van der Waals surface area contributed by atoms with Gasteiger partial charge in [0.05, 0.1) is 16.4 Å². The van der Waals surface area contributed by atoms with E-state index < -0.39 is 0 Å². The molecule has 2 atom stereocenters. The van der Waals surface area contributed by atoms with E-state index in [4.69, 9.17) is 23.2 Å². The van der Waals surface area contributed by atoms with Gasteiger partial charge in [-0.2, -0.15) is 0 Å². The summed E-state index contributed by atoms with van der Waals surface area (Å²) in [6, 6.07) is 5.59. The van der Waals surface area contributed by atoms with Crippen LogP contribution in [-0.2, 0) is 11.3 Å². The zero-order valence-corrected chi connectivity index (χ0v) is 13.5. The first-order chi connectivity index (χ1) is 10.7. The number of nitrogens with one attached hydrogen (secondary N) is 1. The zero-order chi connectivity index (χ0) is 15.5. The molecule has 1 heterocycles. The van der Waals surface area contributed by atoms with Crippen molar-refractivity contribution in [3.63, 3.8) is 0 Å². The van der Waals surface area contributed by atoms with Gasteiger partial charge in [-0.15, -0.1) is 0 Å². The van der Waals surface area contributed by atoms with Crippen LogP contribution in [0.2, 0.25) is 10.0 Å². The van der Waals surface area contributed by atoms with Crippen molar-refractivity contribution in [2.24, 2.45) is 5.92 Å². The molecule has 1 aromatic carbocycles. The van der Waals surface area contributed by atoms with Gasteiger partial charge in [-0.25, -0.2) is 4.98 Å². The van der Waals surface area contributed by atoms with Crippen LogP contribution in [-0.4, -0.2) is 22.0 Å². The van der Waals surface area contributed by atoms with Gasteiger partial charge in [-0.05, 0) is 30.4 Å². The second kappa shape index (κ2) is 6.71. The minimum Gasteiger partial charge on any atom is -0.356 e. The van der Waals surface area contributed by atoms with E-state index in [-0.39, 0.29) is 17.7 Å². The highest BCUT2D eigenvalue weighted by Gasteiger charge is 2.44. The van der Waals surface area contributed by atoms with Crippen molar-refractivity contribution in [1.29, 1.82) is 0 Å². The van der Waals surface area contributed by atoms with Gasteiger partial charge in [0, 0.05) is 31.4 Å². The number of nitrogens with zero attached hydrogens (tertiary/aromatic N) is 2. The number of benzene rings is 1. The fraction of sp³-hybridized carbons (Fsp3) is 0.375. The lowest BCUT2D eigenvalue weighted by Crippen LogP contribution is -2.27. The molecule has 0 saturated heterocycles. The van der Waals surface area contributed by atoms with Crippen LogP contribution >= 0.6 is 23.2 Å². The number of halogens is 2. The van der Waals surface area contributed by atoms with Crippen molar-refractivity contribution < 1.29 is 4.79 Å². The standard InChI is InChI=1S/C16H17Cl2N3O/c17-14-4-1-3-11(15(14)18)12-9-13(12)16(22)20-5-2-7-21-8-6-19-10-21/h1,3-4,6,8,10,12-13H,2,5,7,9H2,(H,20,22)/t12-,13+/m0/s1. The molecule has 3 rings (SSSR count). The van der Waals surface area contributed by atoms with Crippen LogP contribution < -0.4 is 5.32 Å². The number of aryl methyl sites for hydroxylation is 1. The smallest absolute Gasteiger partial charge is 0.223 e. The van der Waals surface area contributed by atoms with Gasteiger partial charge in [0.15, 0.2) is 0 Å². The third-order valence-electron chi connectivity index (χ3n) is 3.96. The Labute approximate surface area is 139 Å². The summed E-state index contributed by atoms with van der Waals surface area (Å²) in [5, 5.41) is 4.11. The molecule has 6 heteroatoms. The van der Waals surface area contributed by atoms with Crippen molar-refractivity contribution in [2.75, 3.05) is 6.54 Å². The maximum atomic E-state index is 12.1. The third kappa shape index (κ3) is 3.45. The molecular weight excluding hydrogens is 321 g/mol. The molecule has 1 fully saturated rings. The predicted octanol–water partition coefficient (Wildman–Crippen LogP) is 3.50. The van der Waals surface area contributed by atoms with E-state index in [0.717, 1.165) is 24.9 Å². The van der Waals surface area contributed by atoms with E-state index in [0.29, 0.717) is 16.6 Å². The maximum Gasteiger partial charge on any atom is 0.223 e. The van der Waals surface area contributed by atoms with Gasteiger partial charge in [-0.3, -0.25) is 4.79 Å². The van der Waals surface area contributed by atoms with Gasteiger partial charge >= 0.3 is 0 Å². The zero-order valence-electron chi connectivity index (χ0n) is 12.0. The van der Waals surface area contributed by atoms with Crippen molar-refractivity contribution in [3.8, 4) is 0 Å². The number of hydrogen-bond acceptors (Lipinski definition) is 2. The Morgan fingerprint density at radius 3 is 3.05 bits per heavy atom. The molecule has 0 unspecified atom stereocenters. The molecule has 0 spiro atoms. The van der Waals surface area contributed by atoms with E-state index in [9.17, 15) is 4.79 Å². The number of carbonyl (C=O) groups is 1. The number of imidazole rings is 1. The van der Waals surface area contributed by atoms with Crippen molar-refractivity contribution in [2.45, 2.75) is 25.3 Å². The Hall–Kier alpha value is -1.52. The highest BCUT2D eigenvalue weighted by atomic mass is 35.5. The van der Waals surface area contributed by atoms with Gasteiger partial charge in [0.1, 0.15) is 0 Å². The second-order valence-electron chi connectivity index (χ2n) is 5.54. The number of carbonyl (C=O) groups excluding carboxylic acids is 1. The van der Waals surface area contributed by atoms with E-state index >= 15 is 0 Å². The average molecular weight is 338 g/mol. The minimum atomic E-state index is 0.0178. The number of amides is 1. The van der Waals surface area contributed by atoms with Crippen LogP contribution in [0.25, 0.3) is 0 Å². The number of rotatable bonds is 6. The summed E-state index contributed by atoms with van der Waals surface area (Å²) < 4.78 is 2.00. The van der Waals surface area contributed by atoms with Crippen LogP contribution in [0, 0.1) is 5.92 Å². The molecule has 1 amide bonds. The van der Waals surface area contributed by atoms with Crippen LogP contribution in [0.5, 0.6) is 0 Å². The van der Waals surface area contributed by atoms with Gasteiger partial charge in [0.25, 0.3) is 0 Å².